The van der Waals surface area contributed by atoms with E-state index in [1.54, 1.807) is 11.0 Å². The third-order valence-electron chi connectivity index (χ3n) is 1.07. The highest BCUT2D eigenvalue weighted by Crippen LogP contribution is 1.99. The van der Waals surface area contributed by atoms with Crippen molar-refractivity contribution in [2.45, 2.75) is 0 Å². The minimum absolute atomic E-state index is 0.0278. The van der Waals surface area contributed by atoms with Crippen LogP contribution < -0.4 is 0 Å². The molecule has 0 fully saturated rings. The fourth-order valence-corrected chi connectivity index (χ4v) is 0.617. The van der Waals surface area contributed by atoms with E-state index in [0.29, 0.717) is 6.54 Å². The molecule has 1 amide bonds. The number of nitrogens with zero attached hydrogens (tertiary/aromatic N) is 1. The van der Waals surface area contributed by atoms with Crippen LogP contribution in [0.5, 0.6) is 0 Å². The standard InChI is InChI=1S/C6H7NO/c1-2-7-5-3-4-6(7)8/h2-4H,1,5H2. The van der Waals surface area contributed by atoms with Crippen LogP contribution in [0, 0.1) is 0 Å². The SMILES string of the molecule is C=CN1CC=CC1=O. The zero-order valence-corrected chi connectivity index (χ0v) is 4.50. The topological polar surface area (TPSA) is 20.3 Å². The Morgan fingerprint density at radius 1 is 1.88 bits per heavy atom. The summed E-state index contributed by atoms with van der Waals surface area (Å²) < 4.78 is 0. The predicted molar refractivity (Wildman–Crippen MR) is 31.0 cm³/mol. The minimum atomic E-state index is 0.0278. The van der Waals surface area contributed by atoms with Crippen molar-refractivity contribution < 1.29 is 4.79 Å². The van der Waals surface area contributed by atoms with Crippen molar-refractivity contribution in [1.29, 1.82) is 0 Å². The Bertz CT molecular complexity index is 149. The lowest BCUT2D eigenvalue weighted by Crippen LogP contribution is -2.17. The summed E-state index contributed by atoms with van der Waals surface area (Å²) in [5.41, 5.74) is 0. The van der Waals surface area contributed by atoms with E-state index in [9.17, 15) is 4.79 Å². The second-order valence-electron chi connectivity index (χ2n) is 1.58. The first-order valence-electron chi connectivity index (χ1n) is 2.44. The zero-order valence-electron chi connectivity index (χ0n) is 4.50. The third kappa shape index (κ3) is 0.644. The molecule has 0 atom stereocenters. The Labute approximate surface area is 48.1 Å². The van der Waals surface area contributed by atoms with Gasteiger partial charge in [0.15, 0.2) is 0 Å². The second kappa shape index (κ2) is 1.82. The molecule has 0 unspecified atom stereocenters. The molecule has 0 radical (unpaired) electrons. The van der Waals surface area contributed by atoms with Crippen molar-refractivity contribution >= 4 is 5.91 Å². The maximum atomic E-state index is 10.6. The molecule has 0 spiro atoms. The number of amides is 1. The van der Waals surface area contributed by atoms with E-state index in [1.165, 1.54) is 6.20 Å². The van der Waals surface area contributed by atoms with Gasteiger partial charge in [0.2, 0.25) is 0 Å². The summed E-state index contributed by atoms with van der Waals surface area (Å²) >= 11 is 0. The van der Waals surface area contributed by atoms with Crippen LogP contribution in [-0.2, 0) is 4.79 Å². The lowest BCUT2D eigenvalue weighted by molar-refractivity contribution is -0.122. The van der Waals surface area contributed by atoms with Crippen molar-refractivity contribution in [3.8, 4) is 0 Å². The summed E-state index contributed by atoms with van der Waals surface area (Å²) in [4.78, 5) is 12.1. The molecule has 0 aliphatic carbocycles. The molecule has 42 valence electrons. The zero-order chi connectivity index (χ0) is 5.98. The monoisotopic (exact) mass is 109 g/mol. The molecule has 1 aliphatic heterocycles. The van der Waals surface area contributed by atoms with Gasteiger partial charge >= 0.3 is 0 Å². The van der Waals surface area contributed by atoms with Gasteiger partial charge in [0, 0.05) is 18.8 Å². The van der Waals surface area contributed by atoms with Crippen molar-refractivity contribution in [2.75, 3.05) is 6.54 Å². The summed E-state index contributed by atoms with van der Waals surface area (Å²) in [5.74, 6) is 0.0278. The molecule has 0 aromatic carbocycles. The maximum Gasteiger partial charge on any atom is 0.250 e. The largest absolute Gasteiger partial charge is 0.312 e. The molecule has 0 bridgehead atoms. The summed E-state index contributed by atoms with van der Waals surface area (Å²) in [6, 6.07) is 0. The highest BCUT2D eigenvalue weighted by Gasteiger charge is 2.08. The molecule has 0 saturated heterocycles. The molecule has 0 aromatic rings. The van der Waals surface area contributed by atoms with E-state index in [0.717, 1.165) is 0 Å². The number of carbonyl (C=O) groups is 1. The minimum Gasteiger partial charge on any atom is -0.312 e. The van der Waals surface area contributed by atoms with Crippen molar-refractivity contribution in [1.82, 2.24) is 4.90 Å². The van der Waals surface area contributed by atoms with Crippen LogP contribution in [0.25, 0.3) is 0 Å². The predicted octanol–water partition coefficient (Wildman–Crippen LogP) is 0.528. The second-order valence-corrected chi connectivity index (χ2v) is 1.58. The smallest absolute Gasteiger partial charge is 0.250 e. The van der Waals surface area contributed by atoms with Gasteiger partial charge in [0.05, 0.1) is 0 Å². The van der Waals surface area contributed by atoms with Gasteiger partial charge in [0.1, 0.15) is 0 Å². The Hall–Kier alpha value is -1.05. The average molecular weight is 109 g/mol. The lowest BCUT2D eigenvalue weighted by Gasteiger charge is -2.05. The molecule has 2 heteroatoms. The fourth-order valence-electron chi connectivity index (χ4n) is 0.617. The number of carbonyl (C=O) groups excluding carboxylic acids is 1. The Kier molecular flexibility index (Phi) is 1.16. The van der Waals surface area contributed by atoms with E-state index in [1.807, 2.05) is 6.08 Å². The van der Waals surface area contributed by atoms with Crippen molar-refractivity contribution in [3.05, 3.63) is 24.9 Å². The normalized spacial score (nSPS) is 17.5. The lowest BCUT2D eigenvalue weighted by atomic mass is 10.6. The van der Waals surface area contributed by atoms with Gasteiger partial charge in [-0.25, -0.2) is 0 Å². The van der Waals surface area contributed by atoms with Crippen LogP contribution in [0.1, 0.15) is 0 Å². The van der Waals surface area contributed by atoms with E-state index in [2.05, 4.69) is 6.58 Å². The van der Waals surface area contributed by atoms with Crippen LogP contribution in [0.3, 0.4) is 0 Å². The van der Waals surface area contributed by atoms with Crippen LogP contribution in [-0.4, -0.2) is 17.4 Å². The van der Waals surface area contributed by atoms with Crippen LogP contribution in [0.2, 0.25) is 0 Å². The van der Waals surface area contributed by atoms with Gasteiger partial charge in [-0.15, -0.1) is 0 Å². The molecule has 0 saturated carbocycles. The van der Waals surface area contributed by atoms with Gasteiger partial charge < -0.3 is 4.90 Å². The van der Waals surface area contributed by atoms with Crippen LogP contribution >= 0.6 is 0 Å². The Balaban J connectivity index is 2.63. The summed E-state index contributed by atoms with van der Waals surface area (Å²) in [6.45, 7) is 4.14. The highest BCUT2D eigenvalue weighted by molar-refractivity contribution is 5.90. The molecule has 2 nitrogen and oxygen atoms in total. The number of hydrogen-bond acceptors (Lipinski definition) is 1. The Morgan fingerprint density at radius 3 is 2.88 bits per heavy atom. The maximum absolute atomic E-state index is 10.6. The number of hydrogen-bond donors (Lipinski definition) is 0. The molecular weight excluding hydrogens is 102 g/mol. The molecule has 1 heterocycles. The van der Waals surface area contributed by atoms with Crippen molar-refractivity contribution in [2.24, 2.45) is 0 Å². The summed E-state index contributed by atoms with van der Waals surface area (Å²) in [5, 5.41) is 0. The Morgan fingerprint density at radius 2 is 2.62 bits per heavy atom. The van der Waals surface area contributed by atoms with E-state index in [-0.39, 0.29) is 5.91 Å². The molecule has 8 heavy (non-hydrogen) atoms. The molecule has 1 rings (SSSR count). The van der Waals surface area contributed by atoms with Gasteiger partial charge in [-0.1, -0.05) is 12.7 Å². The third-order valence-corrected chi connectivity index (χ3v) is 1.07. The summed E-state index contributed by atoms with van der Waals surface area (Å²) in [7, 11) is 0. The summed E-state index contributed by atoms with van der Waals surface area (Å²) in [6.07, 6.45) is 4.88. The fraction of sp³-hybridized carbons (Fsp3) is 0.167. The van der Waals surface area contributed by atoms with E-state index >= 15 is 0 Å². The van der Waals surface area contributed by atoms with Crippen LogP contribution in [0.4, 0.5) is 0 Å². The average Bonchev–Trinajstić information content (AvgIpc) is 2.14. The molecule has 1 aliphatic rings. The molecule has 0 N–H and O–H groups in total. The van der Waals surface area contributed by atoms with Crippen molar-refractivity contribution in [3.63, 3.8) is 0 Å². The van der Waals surface area contributed by atoms with Crippen LogP contribution in [0.15, 0.2) is 24.9 Å². The first-order valence-corrected chi connectivity index (χ1v) is 2.44. The van der Waals surface area contributed by atoms with Gasteiger partial charge in [-0.3, -0.25) is 4.79 Å². The highest BCUT2D eigenvalue weighted by atomic mass is 16.2. The number of rotatable bonds is 1. The van der Waals surface area contributed by atoms with E-state index < -0.39 is 0 Å². The van der Waals surface area contributed by atoms with Gasteiger partial charge in [-0.05, 0) is 0 Å². The first kappa shape index (κ1) is 5.09. The molecule has 0 aromatic heterocycles. The van der Waals surface area contributed by atoms with E-state index in [4.69, 9.17) is 0 Å². The van der Waals surface area contributed by atoms with Gasteiger partial charge in [0.25, 0.3) is 5.91 Å². The first-order chi connectivity index (χ1) is 3.84. The molecular formula is C6H7NO. The quantitative estimate of drug-likeness (QED) is 0.481. The van der Waals surface area contributed by atoms with Gasteiger partial charge in [-0.2, -0.15) is 0 Å².